The largest absolute Gasteiger partial charge is 0.488 e. The van der Waals surface area contributed by atoms with E-state index in [0.29, 0.717) is 16.3 Å². The first-order valence-corrected chi connectivity index (χ1v) is 8.56. The van der Waals surface area contributed by atoms with Gasteiger partial charge in [0.05, 0.1) is 12.0 Å². The Bertz CT molecular complexity index is 908. The van der Waals surface area contributed by atoms with E-state index in [9.17, 15) is 14.4 Å². The first-order valence-electron chi connectivity index (χ1n) is 8.18. The number of esters is 1. The van der Waals surface area contributed by atoms with Gasteiger partial charge in [0.1, 0.15) is 12.4 Å². The number of benzene rings is 2. The van der Waals surface area contributed by atoms with Crippen molar-refractivity contribution in [3.8, 4) is 5.75 Å². The molecule has 0 atom stereocenters. The van der Waals surface area contributed by atoms with Gasteiger partial charge in [-0.3, -0.25) is 14.9 Å². The van der Waals surface area contributed by atoms with E-state index in [0.717, 1.165) is 5.56 Å². The highest BCUT2D eigenvalue weighted by molar-refractivity contribution is 6.30. The predicted molar refractivity (Wildman–Crippen MR) is 99.2 cm³/mol. The molecule has 138 valence electrons. The fraction of sp³-hybridized carbons (Fsp3) is 0.150. The minimum Gasteiger partial charge on any atom is -0.488 e. The van der Waals surface area contributed by atoms with Gasteiger partial charge in [0, 0.05) is 10.6 Å². The van der Waals surface area contributed by atoms with E-state index in [1.165, 1.54) is 0 Å². The van der Waals surface area contributed by atoms with Crippen molar-refractivity contribution in [2.75, 3.05) is 13.2 Å². The third-order valence-corrected chi connectivity index (χ3v) is 4.00. The highest BCUT2D eigenvalue weighted by atomic mass is 35.5. The molecule has 0 aliphatic carbocycles. The zero-order valence-electron chi connectivity index (χ0n) is 14.2. The maximum atomic E-state index is 12.1. The molecule has 2 aromatic rings. The molecule has 0 spiro atoms. The highest BCUT2D eigenvalue weighted by Gasteiger charge is 2.20. The maximum Gasteiger partial charge on any atom is 0.338 e. The van der Waals surface area contributed by atoms with E-state index in [1.54, 1.807) is 48.5 Å². The Morgan fingerprint density at radius 2 is 1.85 bits per heavy atom. The predicted octanol–water partition coefficient (Wildman–Crippen LogP) is 2.54. The van der Waals surface area contributed by atoms with E-state index in [1.807, 2.05) is 6.07 Å². The van der Waals surface area contributed by atoms with Crippen LogP contribution in [0, 0.1) is 0 Å². The van der Waals surface area contributed by atoms with E-state index in [2.05, 4.69) is 5.32 Å². The van der Waals surface area contributed by atoms with Gasteiger partial charge in [-0.05, 0) is 29.8 Å². The Labute approximate surface area is 160 Å². The van der Waals surface area contributed by atoms with Crippen LogP contribution in [0.4, 0.5) is 0 Å². The number of hydrogen-bond acceptors (Lipinski definition) is 5. The number of nitrogens with one attached hydrogen (secondary N) is 1. The molecule has 2 aromatic carbocycles. The lowest BCUT2D eigenvalue weighted by molar-refractivity contribution is -0.146. The second kappa shape index (κ2) is 8.51. The third-order valence-electron chi connectivity index (χ3n) is 3.77. The Kier molecular flexibility index (Phi) is 5.88. The van der Waals surface area contributed by atoms with Crippen LogP contribution in [0.1, 0.15) is 11.1 Å². The lowest BCUT2D eigenvalue weighted by Gasteiger charge is -2.17. The van der Waals surface area contributed by atoms with Crippen LogP contribution in [0.3, 0.4) is 0 Å². The standard InChI is InChI=1S/C20H16ClNO5/c21-16-6-7-17-14(10-16)9-15(11-26-17)20(25)27-12-19(24)22-18(23)8-13-4-2-1-3-5-13/h1-7,9-10H,8,11-12H2,(H,22,23,24). The van der Waals surface area contributed by atoms with Crippen LogP contribution in [0.15, 0.2) is 54.1 Å². The number of hydrogen-bond donors (Lipinski definition) is 1. The molecule has 1 aliphatic heterocycles. The second-order valence-electron chi connectivity index (χ2n) is 5.85. The lowest BCUT2D eigenvalue weighted by Crippen LogP contribution is -2.35. The zero-order chi connectivity index (χ0) is 19.2. The summed E-state index contributed by atoms with van der Waals surface area (Å²) in [6.07, 6.45) is 1.67. The van der Waals surface area contributed by atoms with Gasteiger partial charge < -0.3 is 9.47 Å². The summed E-state index contributed by atoms with van der Waals surface area (Å²) in [7, 11) is 0. The van der Waals surface area contributed by atoms with Crippen LogP contribution >= 0.6 is 11.6 Å². The number of ether oxygens (including phenoxy) is 2. The van der Waals surface area contributed by atoms with Crippen molar-refractivity contribution in [1.82, 2.24) is 5.32 Å². The molecule has 1 N–H and O–H groups in total. The van der Waals surface area contributed by atoms with E-state index in [-0.39, 0.29) is 18.6 Å². The first-order chi connectivity index (χ1) is 13.0. The van der Waals surface area contributed by atoms with Crippen molar-refractivity contribution in [2.45, 2.75) is 6.42 Å². The van der Waals surface area contributed by atoms with Crippen molar-refractivity contribution in [3.05, 3.63) is 70.3 Å². The summed E-state index contributed by atoms with van der Waals surface area (Å²) in [4.78, 5) is 35.7. The molecule has 0 radical (unpaired) electrons. The molecule has 0 saturated heterocycles. The van der Waals surface area contributed by atoms with Crippen LogP contribution in [0.25, 0.3) is 6.08 Å². The SMILES string of the molecule is O=C(COC(=O)C1=Cc2cc(Cl)ccc2OC1)NC(=O)Cc1ccccc1. The summed E-state index contributed by atoms with van der Waals surface area (Å²) >= 11 is 5.93. The topological polar surface area (TPSA) is 81.7 Å². The fourth-order valence-corrected chi connectivity index (χ4v) is 2.69. The smallest absolute Gasteiger partial charge is 0.338 e. The summed E-state index contributed by atoms with van der Waals surface area (Å²) in [6.45, 7) is -0.527. The van der Waals surface area contributed by atoms with E-state index >= 15 is 0 Å². The number of rotatable bonds is 5. The van der Waals surface area contributed by atoms with Crippen molar-refractivity contribution in [2.24, 2.45) is 0 Å². The van der Waals surface area contributed by atoms with Crippen molar-refractivity contribution >= 4 is 35.5 Å². The van der Waals surface area contributed by atoms with Gasteiger partial charge in [-0.1, -0.05) is 41.9 Å². The normalized spacial score (nSPS) is 12.3. The van der Waals surface area contributed by atoms with E-state index in [4.69, 9.17) is 21.1 Å². The molecule has 0 aromatic heterocycles. The number of amides is 2. The maximum absolute atomic E-state index is 12.1. The van der Waals surface area contributed by atoms with Gasteiger partial charge in [-0.15, -0.1) is 0 Å². The molecule has 7 heteroatoms. The quantitative estimate of drug-likeness (QED) is 0.800. The molecular weight excluding hydrogens is 370 g/mol. The lowest BCUT2D eigenvalue weighted by atomic mass is 10.1. The first kappa shape index (κ1) is 18.7. The fourth-order valence-electron chi connectivity index (χ4n) is 2.51. The second-order valence-corrected chi connectivity index (χ2v) is 6.29. The average molecular weight is 386 g/mol. The molecule has 1 aliphatic rings. The average Bonchev–Trinajstić information content (AvgIpc) is 2.66. The summed E-state index contributed by atoms with van der Waals surface area (Å²) in [6, 6.07) is 14.1. The monoisotopic (exact) mass is 385 g/mol. The molecule has 1 heterocycles. The summed E-state index contributed by atoms with van der Waals surface area (Å²) < 4.78 is 10.4. The molecule has 0 saturated carbocycles. The van der Waals surface area contributed by atoms with Gasteiger partial charge in [-0.2, -0.15) is 0 Å². The molecule has 0 unspecified atom stereocenters. The Morgan fingerprint density at radius 1 is 1.07 bits per heavy atom. The van der Waals surface area contributed by atoms with Gasteiger partial charge >= 0.3 is 5.97 Å². The van der Waals surface area contributed by atoms with E-state index < -0.39 is 24.4 Å². The van der Waals surface area contributed by atoms with Crippen LogP contribution < -0.4 is 10.1 Å². The summed E-state index contributed by atoms with van der Waals surface area (Å²) in [5.41, 5.74) is 1.69. The van der Waals surface area contributed by atoms with Gasteiger partial charge in [-0.25, -0.2) is 4.79 Å². The molecule has 27 heavy (non-hydrogen) atoms. The molecule has 0 fully saturated rings. The minimum absolute atomic E-state index is 0.0298. The molecular formula is C20H16ClNO5. The van der Waals surface area contributed by atoms with Crippen LogP contribution in [0.2, 0.25) is 5.02 Å². The molecule has 6 nitrogen and oxygen atoms in total. The summed E-state index contributed by atoms with van der Waals surface area (Å²) in [5, 5.41) is 2.70. The Hall–Kier alpha value is -3.12. The van der Waals surface area contributed by atoms with Crippen molar-refractivity contribution in [3.63, 3.8) is 0 Å². The van der Waals surface area contributed by atoms with Gasteiger partial charge in [0.25, 0.3) is 5.91 Å². The van der Waals surface area contributed by atoms with Gasteiger partial charge in [0.2, 0.25) is 5.91 Å². The van der Waals surface area contributed by atoms with Crippen LogP contribution in [-0.2, 0) is 25.5 Å². The van der Waals surface area contributed by atoms with Crippen LogP contribution in [-0.4, -0.2) is 31.0 Å². The zero-order valence-corrected chi connectivity index (χ0v) is 15.0. The Morgan fingerprint density at radius 3 is 2.63 bits per heavy atom. The Balaban J connectivity index is 1.50. The van der Waals surface area contributed by atoms with Gasteiger partial charge in [0.15, 0.2) is 6.61 Å². The van der Waals surface area contributed by atoms with Crippen molar-refractivity contribution in [1.29, 1.82) is 0 Å². The van der Waals surface area contributed by atoms with Crippen molar-refractivity contribution < 1.29 is 23.9 Å². The summed E-state index contributed by atoms with van der Waals surface area (Å²) in [5.74, 6) is -1.23. The third kappa shape index (κ3) is 5.18. The number of carbonyl (C=O) groups is 3. The number of imide groups is 1. The minimum atomic E-state index is -0.690. The molecule has 0 bridgehead atoms. The number of fused-ring (bicyclic) bond motifs is 1. The molecule has 2 amide bonds. The van der Waals surface area contributed by atoms with Crippen LogP contribution in [0.5, 0.6) is 5.75 Å². The highest BCUT2D eigenvalue weighted by Crippen LogP contribution is 2.29. The number of carbonyl (C=O) groups excluding carboxylic acids is 3. The number of halogens is 1. The molecule has 3 rings (SSSR count).